The molecule has 0 saturated carbocycles. The van der Waals surface area contributed by atoms with Crippen LogP contribution < -0.4 is 16.8 Å². The summed E-state index contributed by atoms with van der Waals surface area (Å²) < 4.78 is 58.2. The van der Waals surface area contributed by atoms with Gasteiger partial charge in [0.25, 0.3) is 0 Å². The van der Waals surface area contributed by atoms with Crippen molar-refractivity contribution < 1.29 is 46.0 Å². The molecule has 2 aliphatic rings. The van der Waals surface area contributed by atoms with Crippen LogP contribution >= 0.6 is 37.4 Å². The Labute approximate surface area is 185 Å². The number of nitrogens with one attached hydrogen (secondary N) is 1. The maximum atomic E-state index is 12.4. The fourth-order valence-electron chi connectivity index (χ4n) is 2.68. The predicted molar refractivity (Wildman–Crippen MR) is 113 cm³/mol. The molecule has 2 amide bonds. The first-order valence-electron chi connectivity index (χ1n) is 8.67. The van der Waals surface area contributed by atoms with Crippen LogP contribution in [0.5, 0.6) is 0 Å². The van der Waals surface area contributed by atoms with Crippen LogP contribution in [0.25, 0.3) is 0 Å². The molecule has 2 rings (SSSR count). The summed E-state index contributed by atoms with van der Waals surface area (Å²) in [5, 5.41) is 2.55. The van der Waals surface area contributed by atoms with Gasteiger partial charge in [-0.3, -0.25) is 18.6 Å². The summed E-state index contributed by atoms with van der Waals surface area (Å²) in [5.41, 5.74) is 11.6. The van der Waals surface area contributed by atoms with Gasteiger partial charge in [0.15, 0.2) is 0 Å². The molecular formula is C13H23N4O10P3S. The highest BCUT2D eigenvalue weighted by Gasteiger charge is 2.42. The number of hydrogen-bond acceptors (Lipinski definition) is 12. The van der Waals surface area contributed by atoms with E-state index < -0.39 is 55.4 Å². The summed E-state index contributed by atoms with van der Waals surface area (Å²) in [6, 6.07) is -0.520. The number of carbonyl (C=O) groups is 1. The highest BCUT2D eigenvalue weighted by molar-refractivity contribution is 7.80. The molecule has 2 heterocycles. The van der Waals surface area contributed by atoms with Gasteiger partial charge in [0.05, 0.1) is 30.8 Å². The van der Waals surface area contributed by atoms with Gasteiger partial charge in [-0.2, -0.15) is 12.6 Å². The zero-order valence-corrected chi connectivity index (χ0v) is 19.8. The summed E-state index contributed by atoms with van der Waals surface area (Å²) in [4.78, 5) is 22.1. The topological polar surface area (TPSA) is 202 Å². The molecule has 176 valence electrons. The molecule has 0 aromatic carbocycles. The minimum Gasteiger partial charge on any atom is -0.365 e. The molecule has 1 saturated heterocycles. The highest BCUT2D eigenvalue weighted by Crippen LogP contribution is 2.45. The Morgan fingerprint density at radius 2 is 2.10 bits per heavy atom. The Bertz CT molecular complexity index is 821. The van der Waals surface area contributed by atoms with E-state index in [1.54, 1.807) is 0 Å². The summed E-state index contributed by atoms with van der Waals surface area (Å²) in [6.45, 7) is -0.196. The first kappa shape index (κ1) is 26.5. The van der Waals surface area contributed by atoms with Crippen LogP contribution in [0.4, 0.5) is 4.79 Å². The number of rotatable bonds is 10. The summed E-state index contributed by atoms with van der Waals surface area (Å²) in [6.07, 6.45) is -1.29. The van der Waals surface area contributed by atoms with Gasteiger partial charge < -0.3 is 35.7 Å². The number of urea groups is 1. The molecule has 0 radical (unpaired) electrons. The number of nitrogens with two attached hydrogens (primary N) is 2. The van der Waals surface area contributed by atoms with E-state index in [4.69, 9.17) is 30.4 Å². The normalized spacial score (nSPS) is 28.8. The maximum absolute atomic E-state index is 12.4. The third-order valence-corrected chi connectivity index (χ3v) is 7.19. The van der Waals surface area contributed by atoms with Gasteiger partial charge in [0, 0.05) is 12.6 Å². The number of carbonyl (C=O) groups excluding carboxylic acids is 1. The smallest absolute Gasteiger partial charge is 0.333 e. The van der Waals surface area contributed by atoms with E-state index in [0.717, 1.165) is 0 Å². The maximum Gasteiger partial charge on any atom is 0.333 e. The lowest BCUT2D eigenvalue weighted by Gasteiger charge is -2.32. The number of nitrogens with zero attached hydrogens (tertiary/aromatic N) is 1. The van der Waals surface area contributed by atoms with E-state index in [2.05, 4.69) is 38.4 Å². The second kappa shape index (κ2) is 13.1. The summed E-state index contributed by atoms with van der Waals surface area (Å²) >= 11 is 4.01. The van der Waals surface area contributed by atoms with E-state index in [-0.39, 0.29) is 25.5 Å². The van der Waals surface area contributed by atoms with E-state index in [0.29, 0.717) is 5.57 Å². The van der Waals surface area contributed by atoms with Crippen molar-refractivity contribution in [3.8, 4) is 11.8 Å². The zero-order chi connectivity index (χ0) is 23.0. The van der Waals surface area contributed by atoms with Gasteiger partial charge in [-0.05, 0) is 0 Å². The van der Waals surface area contributed by atoms with Gasteiger partial charge in [-0.15, -0.1) is 0 Å². The quantitative estimate of drug-likeness (QED) is 0.110. The van der Waals surface area contributed by atoms with Crippen molar-refractivity contribution in [2.75, 3.05) is 19.1 Å². The van der Waals surface area contributed by atoms with Crippen LogP contribution in [0.15, 0.2) is 11.8 Å². The highest BCUT2D eigenvalue weighted by atomic mass is 32.1. The molecule has 7 atom stereocenters. The second-order valence-corrected chi connectivity index (χ2v) is 9.62. The van der Waals surface area contributed by atoms with E-state index in [1.165, 1.54) is 11.1 Å². The molecule has 0 aromatic heterocycles. The molecule has 0 bridgehead atoms. The lowest BCUT2D eigenvalue weighted by molar-refractivity contribution is -0.0577. The molecule has 0 aliphatic carbocycles. The van der Waals surface area contributed by atoms with Gasteiger partial charge in [-0.25, -0.2) is 13.4 Å². The first-order valence-corrected chi connectivity index (χ1v) is 13.0. The number of ether oxygens (including phenoxy) is 2. The minimum absolute atomic E-state index is 0.0371. The van der Waals surface area contributed by atoms with Crippen molar-refractivity contribution in [1.82, 2.24) is 10.2 Å². The molecule has 1 fully saturated rings. The lowest BCUT2D eigenvalue weighted by Crippen LogP contribution is -2.54. The Morgan fingerprint density at radius 1 is 1.35 bits per heavy atom. The molecule has 0 spiro atoms. The van der Waals surface area contributed by atoms with E-state index in [1.807, 2.05) is 0 Å². The Hall–Kier alpha value is -0.710. The average Bonchev–Trinajstić information content (AvgIpc) is 3.08. The standard InChI is InChI=1S/C13H23N4O10P3S/c14-3-1-2-8-5-17(13(18)16-12(8)15)11-4-9(23-7-31)10(25-11)6-24-29(21)27-30(22)26-28(19)20/h5,9-12,28-31H,3-4,6-7,14-15H2,(H,16,18)(H,19,20)/t9?,10-,11-,12?/m1/s1. The molecule has 6 N–H and O–H groups in total. The van der Waals surface area contributed by atoms with Crippen molar-refractivity contribution >= 4 is 43.4 Å². The first-order chi connectivity index (χ1) is 14.7. The van der Waals surface area contributed by atoms with Crippen LogP contribution in [-0.2, 0) is 36.3 Å². The number of thiol groups is 1. The Kier molecular flexibility index (Phi) is 11.2. The fourth-order valence-corrected chi connectivity index (χ4v) is 5.07. The molecule has 31 heavy (non-hydrogen) atoms. The molecule has 18 heteroatoms. The van der Waals surface area contributed by atoms with Gasteiger partial charge >= 0.3 is 30.8 Å². The zero-order valence-electron chi connectivity index (χ0n) is 15.9. The SMILES string of the molecule is NCC#CC1=CN([C@H]2CC(OCS)[C@@H](CO[PH](=O)O[PH](=O)O[PH](=O)O)O2)C(=O)NC1N. The summed E-state index contributed by atoms with van der Waals surface area (Å²) in [7, 11) is -10.3. The van der Waals surface area contributed by atoms with Crippen LogP contribution in [0.1, 0.15) is 6.42 Å². The van der Waals surface area contributed by atoms with Crippen LogP contribution in [-0.4, -0.2) is 59.5 Å². The third kappa shape index (κ3) is 8.29. The van der Waals surface area contributed by atoms with Gasteiger partial charge in [0.2, 0.25) is 0 Å². The van der Waals surface area contributed by atoms with E-state index in [9.17, 15) is 18.5 Å². The van der Waals surface area contributed by atoms with Crippen molar-refractivity contribution in [3.05, 3.63) is 11.8 Å². The van der Waals surface area contributed by atoms with Crippen molar-refractivity contribution in [2.45, 2.75) is 31.0 Å². The Morgan fingerprint density at radius 3 is 2.74 bits per heavy atom. The number of amides is 2. The minimum atomic E-state index is -3.51. The number of hydrogen-bond donors (Lipinski definition) is 5. The summed E-state index contributed by atoms with van der Waals surface area (Å²) in [5.74, 6) is 5.47. The monoisotopic (exact) mass is 520 g/mol. The average molecular weight is 520 g/mol. The van der Waals surface area contributed by atoms with Crippen LogP contribution in [0.2, 0.25) is 0 Å². The molecule has 0 aromatic rings. The fraction of sp³-hybridized carbons (Fsp3) is 0.615. The van der Waals surface area contributed by atoms with Gasteiger partial charge in [-0.1, -0.05) is 11.8 Å². The van der Waals surface area contributed by atoms with Gasteiger partial charge in [0.1, 0.15) is 18.5 Å². The molecular weight excluding hydrogens is 497 g/mol. The van der Waals surface area contributed by atoms with Crippen LogP contribution in [0.3, 0.4) is 0 Å². The molecule has 2 aliphatic heterocycles. The largest absolute Gasteiger partial charge is 0.365 e. The molecule has 14 nitrogen and oxygen atoms in total. The third-order valence-electron chi connectivity index (χ3n) is 3.94. The second-order valence-electron chi connectivity index (χ2n) is 5.90. The van der Waals surface area contributed by atoms with Crippen molar-refractivity contribution in [1.29, 1.82) is 0 Å². The lowest BCUT2D eigenvalue weighted by atomic mass is 10.1. The van der Waals surface area contributed by atoms with E-state index >= 15 is 0 Å². The molecule has 5 unspecified atom stereocenters. The Balaban J connectivity index is 2.02. The van der Waals surface area contributed by atoms with Crippen molar-refractivity contribution in [3.63, 3.8) is 0 Å². The predicted octanol–water partition coefficient (Wildman–Crippen LogP) is -0.259. The van der Waals surface area contributed by atoms with Crippen LogP contribution in [0, 0.1) is 11.8 Å². The van der Waals surface area contributed by atoms with Crippen molar-refractivity contribution in [2.24, 2.45) is 11.5 Å².